The molecule has 0 amide bonds. The van der Waals surface area contributed by atoms with Crippen LogP contribution >= 0.6 is 0 Å². The lowest BCUT2D eigenvalue weighted by Crippen LogP contribution is -2.45. The van der Waals surface area contributed by atoms with Gasteiger partial charge in [-0.05, 0) is 35.9 Å². The van der Waals surface area contributed by atoms with E-state index in [1.807, 2.05) is 18.2 Å². The van der Waals surface area contributed by atoms with Crippen LogP contribution in [-0.4, -0.2) is 59.8 Å². The minimum Gasteiger partial charge on any atom is -0.496 e. The molecule has 1 fully saturated rings. The van der Waals surface area contributed by atoms with Crippen molar-refractivity contribution in [1.29, 1.82) is 0 Å². The highest BCUT2D eigenvalue weighted by Gasteiger charge is 2.18. The van der Waals surface area contributed by atoms with E-state index in [9.17, 15) is 0 Å². The van der Waals surface area contributed by atoms with Gasteiger partial charge in [0.15, 0.2) is 0 Å². The molecule has 0 bridgehead atoms. The molecule has 1 aromatic heterocycles. The van der Waals surface area contributed by atoms with Crippen molar-refractivity contribution >= 4 is 0 Å². The van der Waals surface area contributed by atoms with E-state index in [-0.39, 0.29) is 0 Å². The number of methoxy groups -OCH3 is 1. The molecule has 0 spiro atoms. The molecule has 152 valence electrons. The maximum atomic E-state index is 5.70. The molecule has 6 heteroatoms. The Morgan fingerprint density at radius 3 is 2.31 bits per heavy atom. The zero-order chi connectivity index (χ0) is 20.2. The maximum absolute atomic E-state index is 5.70. The SMILES string of the molecule is CCN1CCN(Cc2ccc(OC)c(-c3ccccc3-c3nnc(C)o3)c2)CC1. The second-order valence-corrected chi connectivity index (χ2v) is 7.42. The molecule has 4 rings (SSSR count). The Balaban J connectivity index is 1.65. The average molecular weight is 393 g/mol. The number of aromatic nitrogens is 2. The van der Waals surface area contributed by atoms with Crippen LogP contribution in [0.5, 0.6) is 5.75 Å². The molecular formula is C23H28N4O2. The van der Waals surface area contributed by atoms with E-state index in [0.29, 0.717) is 11.8 Å². The van der Waals surface area contributed by atoms with Gasteiger partial charge in [0.05, 0.1) is 7.11 Å². The lowest BCUT2D eigenvalue weighted by atomic mass is 9.96. The summed E-state index contributed by atoms with van der Waals surface area (Å²) >= 11 is 0. The highest BCUT2D eigenvalue weighted by molar-refractivity contribution is 5.83. The van der Waals surface area contributed by atoms with Crippen molar-refractivity contribution in [3.63, 3.8) is 0 Å². The van der Waals surface area contributed by atoms with Crippen molar-refractivity contribution in [1.82, 2.24) is 20.0 Å². The third-order valence-electron chi connectivity index (χ3n) is 5.56. The van der Waals surface area contributed by atoms with E-state index in [2.05, 4.69) is 51.2 Å². The lowest BCUT2D eigenvalue weighted by molar-refractivity contribution is 0.132. The van der Waals surface area contributed by atoms with Crippen molar-refractivity contribution in [2.24, 2.45) is 0 Å². The summed E-state index contributed by atoms with van der Waals surface area (Å²) in [6.07, 6.45) is 0. The summed E-state index contributed by atoms with van der Waals surface area (Å²) in [5.74, 6) is 1.93. The Morgan fingerprint density at radius 1 is 0.931 bits per heavy atom. The van der Waals surface area contributed by atoms with Gasteiger partial charge in [0.25, 0.3) is 0 Å². The fraction of sp³-hybridized carbons (Fsp3) is 0.391. The van der Waals surface area contributed by atoms with Crippen LogP contribution in [-0.2, 0) is 6.54 Å². The van der Waals surface area contributed by atoms with Crippen LogP contribution in [0.25, 0.3) is 22.6 Å². The Labute approximate surface area is 172 Å². The molecule has 0 N–H and O–H groups in total. The van der Waals surface area contributed by atoms with Crippen LogP contribution in [0.1, 0.15) is 18.4 Å². The fourth-order valence-corrected chi connectivity index (χ4v) is 3.90. The van der Waals surface area contributed by atoms with Crippen LogP contribution in [0, 0.1) is 6.92 Å². The van der Waals surface area contributed by atoms with E-state index in [0.717, 1.165) is 61.7 Å². The Bertz CT molecular complexity index is 961. The molecule has 3 aromatic rings. The summed E-state index contributed by atoms with van der Waals surface area (Å²) in [6.45, 7) is 10.6. The molecule has 0 unspecified atom stereocenters. The first kappa shape index (κ1) is 19.6. The highest BCUT2D eigenvalue weighted by atomic mass is 16.5. The van der Waals surface area contributed by atoms with Gasteiger partial charge in [-0.3, -0.25) is 4.90 Å². The second kappa shape index (κ2) is 8.76. The first-order valence-corrected chi connectivity index (χ1v) is 10.2. The molecule has 2 heterocycles. The van der Waals surface area contributed by atoms with Crippen molar-refractivity contribution in [2.45, 2.75) is 20.4 Å². The largest absolute Gasteiger partial charge is 0.496 e. The van der Waals surface area contributed by atoms with Gasteiger partial charge in [-0.15, -0.1) is 10.2 Å². The third-order valence-corrected chi connectivity index (χ3v) is 5.56. The van der Waals surface area contributed by atoms with Crippen LogP contribution in [0.3, 0.4) is 0 Å². The zero-order valence-electron chi connectivity index (χ0n) is 17.4. The number of piperazine rings is 1. The fourth-order valence-electron chi connectivity index (χ4n) is 3.90. The number of ether oxygens (including phenoxy) is 1. The number of nitrogens with zero attached hydrogens (tertiary/aromatic N) is 4. The summed E-state index contributed by atoms with van der Waals surface area (Å²) in [5.41, 5.74) is 4.27. The molecule has 1 aliphatic heterocycles. The van der Waals surface area contributed by atoms with E-state index in [1.165, 1.54) is 5.56 Å². The molecular weight excluding hydrogens is 364 g/mol. The summed E-state index contributed by atoms with van der Waals surface area (Å²) < 4.78 is 11.4. The molecule has 1 aliphatic rings. The van der Waals surface area contributed by atoms with Gasteiger partial charge >= 0.3 is 0 Å². The molecule has 0 atom stereocenters. The van der Waals surface area contributed by atoms with Gasteiger partial charge in [0.1, 0.15) is 5.75 Å². The zero-order valence-corrected chi connectivity index (χ0v) is 17.4. The summed E-state index contributed by atoms with van der Waals surface area (Å²) in [4.78, 5) is 5.02. The van der Waals surface area contributed by atoms with E-state index < -0.39 is 0 Å². The Hall–Kier alpha value is -2.70. The van der Waals surface area contributed by atoms with Gasteiger partial charge in [0.2, 0.25) is 11.8 Å². The van der Waals surface area contributed by atoms with Gasteiger partial charge in [0, 0.05) is 50.8 Å². The molecule has 1 saturated heterocycles. The molecule has 2 aromatic carbocycles. The Kier molecular flexibility index (Phi) is 5.92. The first-order chi connectivity index (χ1) is 14.2. The number of aryl methyl sites for hydroxylation is 1. The molecule has 0 radical (unpaired) electrons. The van der Waals surface area contributed by atoms with Crippen LogP contribution in [0.2, 0.25) is 0 Å². The monoisotopic (exact) mass is 392 g/mol. The topological polar surface area (TPSA) is 54.6 Å². The number of hydrogen-bond acceptors (Lipinski definition) is 6. The predicted octanol–water partition coefficient (Wildman–Crippen LogP) is 3.86. The van der Waals surface area contributed by atoms with Crippen molar-refractivity contribution in [2.75, 3.05) is 39.8 Å². The molecule has 0 saturated carbocycles. The first-order valence-electron chi connectivity index (χ1n) is 10.2. The van der Waals surface area contributed by atoms with Crippen molar-refractivity contribution in [3.05, 3.63) is 53.9 Å². The molecule has 6 nitrogen and oxygen atoms in total. The predicted molar refractivity (Wildman–Crippen MR) is 114 cm³/mol. The van der Waals surface area contributed by atoms with E-state index in [4.69, 9.17) is 9.15 Å². The van der Waals surface area contributed by atoms with E-state index >= 15 is 0 Å². The van der Waals surface area contributed by atoms with Gasteiger partial charge in [-0.1, -0.05) is 31.2 Å². The smallest absolute Gasteiger partial charge is 0.248 e. The van der Waals surface area contributed by atoms with Crippen LogP contribution < -0.4 is 4.74 Å². The second-order valence-electron chi connectivity index (χ2n) is 7.42. The summed E-state index contributed by atoms with van der Waals surface area (Å²) in [5, 5.41) is 8.21. The summed E-state index contributed by atoms with van der Waals surface area (Å²) in [7, 11) is 1.71. The average Bonchev–Trinajstić information content (AvgIpc) is 3.20. The molecule has 29 heavy (non-hydrogen) atoms. The molecule has 0 aliphatic carbocycles. The summed E-state index contributed by atoms with van der Waals surface area (Å²) in [6, 6.07) is 14.6. The Morgan fingerprint density at radius 2 is 1.66 bits per heavy atom. The standard InChI is InChI=1S/C23H28N4O2/c1-4-26-11-13-27(14-12-26)16-18-9-10-22(28-3)21(15-18)19-7-5-6-8-20(19)23-25-24-17(2)29-23/h5-10,15H,4,11-14,16H2,1-3H3. The van der Waals surface area contributed by atoms with Crippen LogP contribution in [0.4, 0.5) is 0 Å². The van der Waals surface area contributed by atoms with Gasteiger partial charge < -0.3 is 14.1 Å². The van der Waals surface area contributed by atoms with Gasteiger partial charge in [-0.25, -0.2) is 0 Å². The maximum Gasteiger partial charge on any atom is 0.248 e. The van der Waals surface area contributed by atoms with Crippen molar-refractivity contribution in [3.8, 4) is 28.3 Å². The number of rotatable bonds is 6. The number of likely N-dealkylation sites (N-methyl/N-ethyl adjacent to an activating group) is 1. The van der Waals surface area contributed by atoms with Gasteiger partial charge in [-0.2, -0.15) is 0 Å². The van der Waals surface area contributed by atoms with Crippen LogP contribution in [0.15, 0.2) is 46.9 Å². The van der Waals surface area contributed by atoms with E-state index in [1.54, 1.807) is 14.0 Å². The number of hydrogen-bond donors (Lipinski definition) is 0. The van der Waals surface area contributed by atoms with Crippen molar-refractivity contribution < 1.29 is 9.15 Å². The minimum absolute atomic E-state index is 0.529. The normalized spacial score (nSPS) is 15.6. The number of benzene rings is 2. The third kappa shape index (κ3) is 4.33. The highest BCUT2D eigenvalue weighted by Crippen LogP contribution is 2.37. The quantitative estimate of drug-likeness (QED) is 0.635. The minimum atomic E-state index is 0.529. The lowest BCUT2D eigenvalue weighted by Gasteiger charge is -2.34.